The summed E-state index contributed by atoms with van der Waals surface area (Å²) in [5.74, 6) is 0. The van der Waals surface area contributed by atoms with Crippen LogP contribution in [-0.2, 0) is 9.47 Å². The van der Waals surface area contributed by atoms with Gasteiger partial charge in [-0.2, -0.15) is 0 Å². The zero-order valence-electron chi connectivity index (χ0n) is 12.1. The summed E-state index contributed by atoms with van der Waals surface area (Å²) in [6.07, 6.45) is 2.92. The molecule has 0 bridgehead atoms. The van der Waals surface area contributed by atoms with Crippen molar-refractivity contribution in [3.8, 4) is 0 Å². The SMILES string of the molecule is CC1CCCC(OCC(C)[N+](=O)[O-])O1.c1ccccc1. The minimum absolute atomic E-state index is 0.129. The Labute approximate surface area is 120 Å². The first-order valence-corrected chi connectivity index (χ1v) is 7.00. The summed E-state index contributed by atoms with van der Waals surface area (Å²) in [5.41, 5.74) is 0. The Morgan fingerprint density at radius 3 is 2.25 bits per heavy atom. The summed E-state index contributed by atoms with van der Waals surface area (Å²) < 4.78 is 10.8. The molecule has 1 aromatic rings. The van der Waals surface area contributed by atoms with Crippen LogP contribution in [0.3, 0.4) is 0 Å². The zero-order valence-corrected chi connectivity index (χ0v) is 12.1. The number of ether oxygens (including phenoxy) is 2. The van der Waals surface area contributed by atoms with Crippen LogP contribution >= 0.6 is 0 Å². The summed E-state index contributed by atoms with van der Waals surface area (Å²) in [6, 6.07) is 11.3. The van der Waals surface area contributed by atoms with Gasteiger partial charge in [0.15, 0.2) is 6.29 Å². The van der Waals surface area contributed by atoms with E-state index < -0.39 is 6.04 Å². The van der Waals surface area contributed by atoms with Crippen molar-refractivity contribution in [2.45, 2.75) is 51.5 Å². The maximum absolute atomic E-state index is 10.3. The van der Waals surface area contributed by atoms with Gasteiger partial charge in [0, 0.05) is 11.8 Å². The fourth-order valence-electron chi connectivity index (χ4n) is 1.78. The fourth-order valence-corrected chi connectivity index (χ4v) is 1.78. The van der Waals surface area contributed by atoms with Crippen LogP contribution < -0.4 is 0 Å². The largest absolute Gasteiger partial charge is 0.350 e. The van der Waals surface area contributed by atoms with Crippen LogP contribution in [0.15, 0.2) is 36.4 Å². The third kappa shape index (κ3) is 7.21. The second-order valence-corrected chi connectivity index (χ2v) is 4.93. The second-order valence-electron chi connectivity index (χ2n) is 4.93. The lowest BCUT2D eigenvalue weighted by Gasteiger charge is -2.27. The Balaban J connectivity index is 0.000000276. The van der Waals surface area contributed by atoms with Gasteiger partial charge in [-0.05, 0) is 26.2 Å². The van der Waals surface area contributed by atoms with Crippen molar-refractivity contribution in [3.63, 3.8) is 0 Å². The Kier molecular flexibility index (Phi) is 7.84. The van der Waals surface area contributed by atoms with E-state index in [9.17, 15) is 10.1 Å². The molecule has 5 nitrogen and oxygen atoms in total. The summed E-state index contributed by atoms with van der Waals surface area (Å²) in [5, 5.41) is 10.3. The lowest BCUT2D eigenvalue weighted by molar-refractivity contribution is -0.524. The van der Waals surface area contributed by atoms with Gasteiger partial charge in [-0.25, -0.2) is 0 Å². The van der Waals surface area contributed by atoms with E-state index >= 15 is 0 Å². The van der Waals surface area contributed by atoms with Crippen LogP contribution in [-0.4, -0.2) is 30.0 Å². The average molecular weight is 281 g/mol. The Hall–Kier alpha value is -1.46. The highest BCUT2D eigenvalue weighted by molar-refractivity contribution is 4.99. The van der Waals surface area contributed by atoms with E-state index in [0.717, 1.165) is 19.3 Å². The van der Waals surface area contributed by atoms with Gasteiger partial charge in [0.05, 0.1) is 6.10 Å². The van der Waals surface area contributed by atoms with Crippen LogP contribution in [0.1, 0.15) is 33.1 Å². The number of nitrogens with zero attached hydrogens (tertiary/aromatic N) is 1. The first kappa shape index (κ1) is 16.6. The first-order valence-electron chi connectivity index (χ1n) is 7.00. The molecule has 1 aromatic carbocycles. The quantitative estimate of drug-likeness (QED) is 0.627. The van der Waals surface area contributed by atoms with Crippen molar-refractivity contribution in [2.24, 2.45) is 0 Å². The molecule has 3 atom stereocenters. The third-order valence-electron chi connectivity index (χ3n) is 2.98. The van der Waals surface area contributed by atoms with Crippen LogP contribution in [0.5, 0.6) is 0 Å². The molecule has 0 N–H and O–H groups in total. The van der Waals surface area contributed by atoms with Gasteiger partial charge in [0.25, 0.3) is 0 Å². The van der Waals surface area contributed by atoms with Crippen molar-refractivity contribution in [2.75, 3.05) is 6.61 Å². The molecule has 20 heavy (non-hydrogen) atoms. The maximum atomic E-state index is 10.3. The van der Waals surface area contributed by atoms with E-state index in [1.165, 1.54) is 6.92 Å². The van der Waals surface area contributed by atoms with Gasteiger partial charge in [0.1, 0.15) is 6.61 Å². The molecule has 5 heteroatoms. The average Bonchev–Trinajstić information content (AvgIpc) is 2.47. The van der Waals surface area contributed by atoms with Gasteiger partial charge < -0.3 is 9.47 Å². The second kappa shape index (κ2) is 9.44. The van der Waals surface area contributed by atoms with Crippen LogP contribution in [0.2, 0.25) is 0 Å². The number of hydrogen-bond acceptors (Lipinski definition) is 4. The predicted molar refractivity (Wildman–Crippen MR) is 77.0 cm³/mol. The maximum Gasteiger partial charge on any atom is 0.233 e. The minimum Gasteiger partial charge on any atom is -0.350 e. The Morgan fingerprint density at radius 1 is 1.25 bits per heavy atom. The lowest BCUT2D eigenvalue weighted by atomic mass is 10.1. The smallest absolute Gasteiger partial charge is 0.233 e. The Bertz CT molecular complexity index is 345. The molecule has 0 aromatic heterocycles. The standard InChI is InChI=1S/C9H17NO4.C6H6/c1-7(10(11)12)6-13-9-5-3-4-8(2)14-9;1-2-4-6-5-3-1/h7-9H,3-6H2,1-2H3;1-6H. The molecule has 0 radical (unpaired) electrons. The first-order chi connectivity index (χ1) is 9.59. The molecule has 0 saturated carbocycles. The molecule has 1 saturated heterocycles. The predicted octanol–water partition coefficient (Wildman–Crippen LogP) is 3.27. The molecule has 3 unspecified atom stereocenters. The molecule has 112 valence electrons. The summed E-state index contributed by atoms with van der Waals surface area (Å²) in [4.78, 5) is 9.98. The van der Waals surface area contributed by atoms with Gasteiger partial charge in [-0.1, -0.05) is 36.4 Å². The van der Waals surface area contributed by atoms with Crippen LogP contribution in [0, 0.1) is 10.1 Å². The van der Waals surface area contributed by atoms with Crippen LogP contribution in [0.25, 0.3) is 0 Å². The zero-order chi connectivity index (χ0) is 14.8. The molecular weight excluding hydrogens is 258 g/mol. The van der Waals surface area contributed by atoms with Crippen molar-refractivity contribution >= 4 is 0 Å². The number of rotatable bonds is 4. The lowest BCUT2D eigenvalue weighted by Crippen LogP contribution is -2.31. The summed E-state index contributed by atoms with van der Waals surface area (Å²) in [6.45, 7) is 3.66. The molecule has 1 aliphatic rings. The van der Waals surface area contributed by atoms with E-state index in [-0.39, 0.29) is 23.9 Å². The number of hydrogen-bond donors (Lipinski definition) is 0. The Morgan fingerprint density at radius 2 is 1.80 bits per heavy atom. The molecule has 1 fully saturated rings. The molecule has 0 amide bonds. The van der Waals surface area contributed by atoms with Crippen molar-refractivity contribution in [1.29, 1.82) is 0 Å². The van der Waals surface area contributed by atoms with Crippen molar-refractivity contribution < 1.29 is 14.4 Å². The topological polar surface area (TPSA) is 61.6 Å². The van der Waals surface area contributed by atoms with Gasteiger partial charge in [-0.3, -0.25) is 10.1 Å². The molecule has 1 aliphatic heterocycles. The van der Waals surface area contributed by atoms with E-state index in [1.807, 2.05) is 43.3 Å². The monoisotopic (exact) mass is 281 g/mol. The van der Waals surface area contributed by atoms with E-state index in [1.54, 1.807) is 0 Å². The molecule has 2 rings (SSSR count). The number of nitro groups is 1. The van der Waals surface area contributed by atoms with Crippen molar-refractivity contribution in [3.05, 3.63) is 46.5 Å². The van der Waals surface area contributed by atoms with Crippen molar-refractivity contribution in [1.82, 2.24) is 0 Å². The normalized spacial score (nSPS) is 23.3. The van der Waals surface area contributed by atoms with Gasteiger partial charge >= 0.3 is 0 Å². The molecular formula is C15H23NO4. The van der Waals surface area contributed by atoms with Gasteiger partial charge in [0.2, 0.25) is 6.04 Å². The summed E-state index contributed by atoms with van der Waals surface area (Å²) >= 11 is 0. The molecule has 1 heterocycles. The highest BCUT2D eigenvalue weighted by Crippen LogP contribution is 2.19. The van der Waals surface area contributed by atoms with Gasteiger partial charge in [-0.15, -0.1) is 0 Å². The van der Waals surface area contributed by atoms with E-state index in [2.05, 4.69) is 0 Å². The fraction of sp³-hybridized carbons (Fsp3) is 0.600. The molecule has 0 spiro atoms. The highest BCUT2D eigenvalue weighted by Gasteiger charge is 2.22. The number of benzene rings is 1. The van der Waals surface area contributed by atoms with E-state index in [4.69, 9.17) is 9.47 Å². The third-order valence-corrected chi connectivity index (χ3v) is 2.98. The molecule has 0 aliphatic carbocycles. The summed E-state index contributed by atoms with van der Waals surface area (Å²) in [7, 11) is 0. The van der Waals surface area contributed by atoms with Crippen LogP contribution in [0.4, 0.5) is 0 Å². The van der Waals surface area contributed by atoms with E-state index in [0.29, 0.717) is 0 Å². The minimum atomic E-state index is -0.657. The highest BCUT2D eigenvalue weighted by atomic mass is 16.7.